The molecule has 0 saturated heterocycles. The maximum Gasteiger partial charge on any atom is 0.347 e. The van der Waals surface area contributed by atoms with Gasteiger partial charge in [0.1, 0.15) is 0 Å². The molecule has 0 N–H and O–H groups in total. The molecule has 5 heteroatoms. The van der Waals surface area contributed by atoms with Gasteiger partial charge < -0.3 is 4.42 Å². The molecule has 0 saturated carbocycles. The largest absolute Gasteiger partial charge is 0.403 e. The number of hydrogen-bond acceptors (Lipinski definition) is 3. The van der Waals surface area contributed by atoms with Crippen molar-refractivity contribution in [2.24, 2.45) is 0 Å². The van der Waals surface area contributed by atoms with Gasteiger partial charge in [0.25, 0.3) is 0 Å². The minimum atomic E-state index is -0.431. The Morgan fingerprint density at radius 1 is 1.15 bits per heavy atom. The topological polar surface area (TPSA) is 43.1 Å². The van der Waals surface area contributed by atoms with Crippen LogP contribution in [0.5, 0.6) is 0 Å². The van der Waals surface area contributed by atoms with E-state index in [1.165, 1.54) is 0 Å². The van der Waals surface area contributed by atoms with Crippen molar-refractivity contribution >= 4 is 34.1 Å². The number of aromatic nitrogens is 1. The zero-order valence-electron chi connectivity index (χ0n) is 10.5. The summed E-state index contributed by atoms with van der Waals surface area (Å²) in [5.74, 6) is 0.193. The van der Waals surface area contributed by atoms with Crippen LogP contribution in [0.2, 0.25) is 10.0 Å². The van der Waals surface area contributed by atoms with Crippen LogP contribution in [0.25, 0.3) is 22.4 Å². The van der Waals surface area contributed by atoms with Crippen LogP contribution in [0.4, 0.5) is 0 Å². The Morgan fingerprint density at radius 3 is 2.70 bits per heavy atom. The predicted molar refractivity (Wildman–Crippen MR) is 80.5 cm³/mol. The summed E-state index contributed by atoms with van der Waals surface area (Å²) in [4.78, 5) is 16.4. The highest BCUT2D eigenvalue weighted by Gasteiger charge is 2.12. The lowest BCUT2D eigenvalue weighted by atomic mass is 10.1. The molecule has 3 nitrogen and oxygen atoms in total. The van der Waals surface area contributed by atoms with Gasteiger partial charge in [-0.25, -0.2) is 9.78 Å². The second-order valence-electron chi connectivity index (χ2n) is 4.40. The van der Waals surface area contributed by atoms with Crippen molar-refractivity contribution in [3.63, 3.8) is 0 Å². The summed E-state index contributed by atoms with van der Waals surface area (Å²) in [7, 11) is 0. The number of benzene rings is 2. The van der Waals surface area contributed by atoms with E-state index in [4.69, 9.17) is 27.6 Å². The highest BCUT2D eigenvalue weighted by molar-refractivity contribution is 6.36. The SMILES string of the molecule is Cc1cccc2c(=O)oc(-c3ccc(Cl)cc3Cl)nc12. The standard InChI is InChI=1S/C15H9Cl2NO2/c1-8-3-2-4-11-13(8)18-14(20-15(11)19)10-6-5-9(16)7-12(10)17/h2-7H,1H3. The molecule has 0 aliphatic rings. The molecule has 0 atom stereocenters. The predicted octanol–water partition coefficient (Wildman–Crippen LogP) is 4.47. The fourth-order valence-corrected chi connectivity index (χ4v) is 2.51. The van der Waals surface area contributed by atoms with Gasteiger partial charge in [-0.3, -0.25) is 0 Å². The maximum atomic E-state index is 12.0. The van der Waals surface area contributed by atoms with Crippen LogP contribution in [0.1, 0.15) is 5.56 Å². The third-order valence-corrected chi connectivity index (χ3v) is 3.57. The average molecular weight is 306 g/mol. The van der Waals surface area contributed by atoms with Gasteiger partial charge in [0, 0.05) is 5.02 Å². The molecule has 0 spiro atoms. The van der Waals surface area contributed by atoms with Crippen LogP contribution in [-0.2, 0) is 0 Å². The molecular formula is C15H9Cl2NO2. The third-order valence-electron chi connectivity index (χ3n) is 3.02. The average Bonchev–Trinajstić information content (AvgIpc) is 2.40. The van der Waals surface area contributed by atoms with Crippen molar-refractivity contribution in [3.05, 3.63) is 62.4 Å². The summed E-state index contributed by atoms with van der Waals surface area (Å²) in [6.07, 6.45) is 0. The van der Waals surface area contributed by atoms with E-state index < -0.39 is 5.63 Å². The van der Waals surface area contributed by atoms with Crippen LogP contribution < -0.4 is 5.63 Å². The maximum absolute atomic E-state index is 12.0. The van der Waals surface area contributed by atoms with E-state index >= 15 is 0 Å². The van der Waals surface area contributed by atoms with E-state index in [-0.39, 0.29) is 5.89 Å². The van der Waals surface area contributed by atoms with Gasteiger partial charge in [0.2, 0.25) is 5.89 Å². The monoisotopic (exact) mass is 305 g/mol. The minimum absolute atomic E-state index is 0.193. The molecule has 3 aromatic rings. The first-order chi connectivity index (χ1) is 9.56. The lowest BCUT2D eigenvalue weighted by molar-refractivity contribution is 0.518. The normalized spacial score (nSPS) is 10.9. The molecule has 0 fully saturated rings. The molecule has 1 aromatic heterocycles. The van der Waals surface area contributed by atoms with Crippen molar-refractivity contribution in [3.8, 4) is 11.5 Å². The number of nitrogens with zero attached hydrogens (tertiary/aromatic N) is 1. The van der Waals surface area contributed by atoms with Crippen molar-refractivity contribution in [2.75, 3.05) is 0 Å². The van der Waals surface area contributed by atoms with E-state index in [0.29, 0.717) is 26.5 Å². The Bertz CT molecular complexity index is 871. The third kappa shape index (κ3) is 2.19. The van der Waals surface area contributed by atoms with E-state index in [1.807, 2.05) is 13.0 Å². The van der Waals surface area contributed by atoms with E-state index in [0.717, 1.165) is 5.56 Å². The first-order valence-corrected chi connectivity index (χ1v) is 6.68. The van der Waals surface area contributed by atoms with Crippen LogP contribution in [0.15, 0.2) is 45.6 Å². The van der Waals surface area contributed by atoms with Gasteiger partial charge in [-0.2, -0.15) is 0 Å². The number of para-hydroxylation sites is 1. The van der Waals surface area contributed by atoms with Gasteiger partial charge in [-0.05, 0) is 36.8 Å². The van der Waals surface area contributed by atoms with E-state index in [2.05, 4.69) is 4.98 Å². The fourth-order valence-electron chi connectivity index (χ4n) is 2.02. The Kier molecular flexibility index (Phi) is 3.24. The molecule has 0 radical (unpaired) electrons. The highest BCUT2D eigenvalue weighted by atomic mass is 35.5. The van der Waals surface area contributed by atoms with E-state index in [1.54, 1.807) is 30.3 Å². The van der Waals surface area contributed by atoms with Crippen molar-refractivity contribution in [1.82, 2.24) is 4.98 Å². The quantitative estimate of drug-likeness (QED) is 0.666. The number of fused-ring (bicyclic) bond motifs is 1. The number of hydrogen-bond donors (Lipinski definition) is 0. The number of rotatable bonds is 1. The van der Waals surface area contributed by atoms with Crippen LogP contribution in [0, 0.1) is 6.92 Å². The van der Waals surface area contributed by atoms with Gasteiger partial charge in [0.05, 0.1) is 21.5 Å². The molecule has 100 valence electrons. The summed E-state index contributed by atoms with van der Waals surface area (Å²) >= 11 is 12.0. The Morgan fingerprint density at radius 2 is 1.95 bits per heavy atom. The number of halogens is 2. The van der Waals surface area contributed by atoms with Crippen molar-refractivity contribution in [1.29, 1.82) is 0 Å². The van der Waals surface area contributed by atoms with Crippen molar-refractivity contribution < 1.29 is 4.42 Å². The van der Waals surface area contributed by atoms with Gasteiger partial charge in [-0.1, -0.05) is 35.3 Å². The zero-order valence-corrected chi connectivity index (χ0v) is 12.0. The smallest absolute Gasteiger partial charge is 0.347 e. The molecule has 3 rings (SSSR count). The molecule has 0 aliphatic carbocycles. The van der Waals surface area contributed by atoms with Crippen molar-refractivity contribution in [2.45, 2.75) is 6.92 Å². The molecule has 2 aromatic carbocycles. The van der Waals surface area contributed by atoms with Crippen LogP contribution in [0.3, 0.4) is 0 Å². The molecule has 0 unspecified atom stereocenters. The second-order valence-corrected chi connectivity index (χ2v) is 5.25. The Balaban J connectivity index is 2.32. The Labute approximate surface area is 124 Å². The summed E-state index contributed by atoms with van der Waals surface area (Å²) in [5, 5.41) is 1.36. The summed E-state index contributed by atoms with van der Waals surface area (Å²) in [6.45, 7) is 1.89. The first-order valence-electron chi connectivity index (χ1n) is 5.92. The first kappa shape index (κ1) is 13.2. The van der Waals surface area contributed by atoms with Gasteiger partial charge in [0.15, 0.2) is 0 Å². The second kappa shape index (κ2) is 4.93. The molecule has 0 bridgehead atoms. The lowest BCUT2D eigenvalue weighted by Crippen LogP contribution is -2.04. The molecular weight excluding hydrogens is 297 g/mol. The molecule has 0 aliphatic heterocycles. The summed E-state index contributed by atoms with van der Waals surface area (Å²) in [6, 6.07) is 10.3. The number of aryl methyl sites for hydroxylation is 1. The zero-order chi connectivity index (χ0) is 14.3. The van der Waals surface area contributed by atoms with Gasteiger partial charge in [-0.15, -0.1) is 0 Å². The fraction of sp³-hybridized carbons (Fsp3) is 0.0667. The molecule has 0 amide bonds. The lowest BCUT2D eigenvalue weighted by Gasteiger charge is -2.05. The van der Waals surface area contributed by atoms with Crippen LogP contribution in [-0.4, -0.2) is 4.98 Å². The Hall–Kier alpha value is -1.84. The molecule has 1 heterocycles. The minimum Gasteiger partial charge on any atom is -0.403 e. The summed E-state index contributed by atoms with van der Waals surface area (Å²) < 4.78 is 5.26. The van der Waals surface area contributed by atoms with Crippen LogP contribution >= 0.6 is 23.2 Å². The summed E-state index contributed by atoms with van der Waals surface area (Å²) in [5.41, 5.74) is 1.63. The van der Waals surface area contributed by atoms with Gasteiger partial charge >= 0.3 is 5.63 Å². The van der Waals surface area contributed by atoms with E-state index in [9.17, 15) is 4.79 Å². The molecule has 20 heavy (non-hydrogen) atoms. The highest BCUT2D eigenvalue weighted by Crippen LogP contribution is 2.29.